The summed E-state index contributed by atoms with van der Waals surface area (Å²) in [5.74, 6) is -3.02. The number of hydrogen-bond acceptors (Lipinski definition) is 2. The molecule has 130 valence electrons. The van der Waals surface area contributed by atoms with E-state index in [9.17, 15) is 18.4 Å². The van der Waals surface area contributed by atoms with Crippen molar-refractivity contribution in [1.82, 2.24) is 5.32 Å². The zero-order valence-electron chi connectivity index (χ0n) is 13.4. The molecule has 0 heterocycles. The lowest BCUT2D eigenvalue weighted by atomic mass is 10.1. The highest BCUT2D eigenvalue weighted by molar-refractivity contribution is 5.87. The van der Waals surface area contributed by atoms with Gasteiger partial charge in [-0.25, -0.2) is 8.78 Å². The first-order valence-electron chi connectivity index (χ1n) is 7.70. The molecule has 2 rings (SSSR count). The first-order valence-corrected chi connectivity index (χ1v) is 7.70. The zero-order chi connectivity index (χ0) is 18.2. The molecule has 3 N–H and O–H groups in total. The van der Waals surface area contributed by atoms with Gasteiger partial charge < -0.3 is 11.1 Å². The van der Waals surface area contributed by atoms with Crippen LogP contribution >= 0.6 is 0 Å². The third kappa shape index (κ3) is 5.53. The minimum atomic E-state index is -0.956. The van der Waals surface area contributed by atoms with Crippen LogP contribution in [-0.4, -0.2) is 17.9 Å². The van der Waals surface area contributed by atoms with Crippen LogP contribution in [0.1, 0.15) is 17.5 Å². The van der Waals surface area contributed by atoms with Crippen LogP contribution in [0.4, 0.5) is 8.78 Å². The third-order valence-corrected chi connectivity index (χ3v) is 3.56. The van der Waals surface area contributed by atoms with E-state index in [-0.39, 0.29) is 12.0 Å². The molecular weight excluding hydrogens is 326 g/mol. The summed E-state index contributed by atoms with van der Waals surface area (Å²) < 4.78 is 27.1. The SMILES string of the molecule is NC(=O)[C@@H](C/C=C/c1ccccc1)NC(=O)Cc1c(F)cccc1F. The predicted molar refractivity (Wildman–Crippen MR) is 91.3 cm³/mol. The second kappa shape index (κ2) is 8.73. The molecule has 0 aliphatic heterocycles. The van der Waals surface area contributed by atoms with E-state index in [1.54, 1.807) is 12.2 Å². The van der Waals surface area contributed by atoms with Gasteiger partial charge in [0.2, 0.25) is 11.8 Å². The van der Waals surface area contributed by atoms with Crippen LogP contribution in [0.2, 0.25) is 0 Å². The first-order chi connectivity index (χ1) is 12.0. The van der Waals surface area contributed by atoms with Crippen LogP contribution < -0.4 is 11.1 Å². The van der Waals surface area contributed by atoms with E-state index >= 15 is 0 Å². The Morgan fingerprint density at radius 3 is 2.28 bits per heavy atom. The molecule has 2 amide bonds. The maximum Gasteiger partial charge on any atom is 0.240 e. The number of rotatable bonds is 7. The largest absolute Gasteiger partial charge is 0.368 e. The number of hydrogen-bond donors (Lipinski definition) is 2. The summed E-state index contributed by atoms with van der Waals surface area (Å²) in [4.78, 5) is 23.5. The molecule has 0 saturated carbocycles. The van der Waals surface area contributed by atoms with Crippen molar-refractivity contribution in [2.75, 3.05) is 0 Å². The zero-order valence-corrected chi connectivity index (χ0v) is 13.4. The number of benzene rings is 2. The van der Waals surface area contributed by atoms with Gasteiger partial charge in [-0.15, -0.1) is 0 Å². The summed E-state index contributed by atoms with van der Waals surface area (Å²) in [6, 6.07) is 11.8. The normalized spacial score (nSPS) is 12.1. The topological polar surface area (TPSA) is 72.2 Å². The highest BCUT2D eigenvalue weighted by Gasteiger charge is 2.19. The Kier molecular flexibility index (Phi) is 6.39. The Morgan fingerprint density at radius 1 is 1.04 bits per heavy atom. The molecule has 6 heteroatoms. The minimum Gasteiger partial charge on any atom is -0.368 e. The van der Waals surface area contributed by atoms with Gasteiger partial charge in [0, 0.05) is 5.56 Å². The van der Waals surface area contributed by atoms with Gasteiger partial charge in [0.25, 0.3) is 0 Å². The standard InChI is InChI=1S/C19H18F2N2O2/c20-15-9-5-10-16(21)14(15)12-18(24)23-17(19(22)25)11-4-8-13-6-2-1-3-7-13/h1-10,17H,11-12H2,(H2,22,25)(H,23,24)/b8-4+/t17-/m1/s1. The molecule has 2 aromatic rings. The van der Waals surface area contributed by atoms with Crippen molar-refractivity contribution in [3.05, 3.63) is 77.4 Å². The molecule has 0 aromatic heterocycles. The van der Waals surface area contributed by atoms with E-state index in [1.807, 2.05) is 30.3 Å². The molecule has 0 fully saturated rings. The number of carbonyl (C=O) groups excluding carboxylic acids is 2. The average Bonchev–Trinajstić information content (AvgIpc) is 2.58. The maximum absolute atomic E-state index is 13.6. The third-order valence-electron chi connectivity index (χ3n) is 3.56. The van der Waals surface area contributed by atoms with E-state index in [1.165, 1.54) is 6.07 Å². The van der Waals surface area contributed by atoms with Crippen LogP contribution in [0.25, 0.3) is 6.08 Å². The van der Waals surface area contributed by atoms with Crippen molar-refractivity contribution in [3.63, 3.8) is 0 Å². The van der Waals surface area contributed by atoms with Gasteiger partial charge in [0.05, 0.1) is 6.42 Å². The van der Waals surface area contributed by atoms with Gasteiger partial charge in [-0.3, -0.25) is 9.59 Å². The second-order valence-corrected chi connectivity index (χ2v) is 5.45. The fraction of sp³-hybridized carbons (Fsp3) is 0.158. The number of nitrogens with two attached hydrogens (primary N) is 1. The molecule has 0 radical (unpaired) electrons. The Labute approximate surface area is 144 Å². The Morgan fingerprint density at radius 2 is 1.68 bits per heavy atom. The molecule has 0 aliphatic rings. The summed E-state index contributed by atoms with van der Waals surface area (Å²) in [6.07, 6.45) is 3.16. The lowest BCUT2D eigenvalue weighted by Gasteiger charge is -2.14. The molecular formula is C19H18F2N2O2. The van der Waals surface area contributed by atoms with Crippen LogP contribution in [0, 0.1) is 11.6 Å². The molecule has 0 bridgehead atoms. The molecule has 0 aliphatic carbocycles. The van der Waals surface area contributed by atoms with Crippen LogP contribution in [0.3, 0.4) is 0 Å². The summed E-state index contributed by atoms with van der Waals surface area (Å²) in [6.45, 7) is 0. The van der Waals surface area contributed by atoms with Crippen molar-refractivity contribution in [2.45, 2.75) is 18.9 Å². The number of primary amides is 1. The summed E-state index contributed by atoms with van der Waals surface area (Å²) in [7, 11) is 0. The first kappa shape index (κ1) is 18.3. The van der Waals surface area contributed by atoms with E-state index < -0.39 is 35.9 Å². The molecule has 2 aromatic carbocycles. The second-order valence-electron chi connectivity index (χ2n) is 5.45. The van der Waals surface area contributed by atoms with E-state index in [2.05, 4.69) is 5.32 Å². The summed E-state index contributed by atoms with van der Waals surface area (Å²) in [5.41, 5.74) is 5.87. The van der Waals surface area contributed by atoms with Crippen LogP contribution in [-0.2, 0) is 16.0 Å². The summed E-state index contributed by atoms with van der Waals surface area (Å²) in [5, 5.41) is 2.41. The van der Waals surface area contributed by atoms with E-state index in [4.69, 9.17) is 5.73 Å². The molecule has 25 heavy (non-hydrogen) atoms. The summed E-state index contributed by atoms with van der Waals surface area (Å²) >= 11 is 0. The lowest BCUT2D eigenvalue weighted by molar-refractivity contribution is -0.126. The fourth-order valence-corrected chi connectivity index (χ4v) is 2.26. The minimum absolute atomic E-state index is 0.176. The number of nitrogens with one attached hydrogen (secondary N) is 1. The monoisotopic (exact) mass is 344 g/mol. The van der Waals surface area contributed by atoms with Gasteiger partial charge in [0.1, 0.15) is 17.7 Å². The van der Waals surface area contributed by atoms with Crippen molar-refractivity contribution in [3.8, 4) is 0 Å². The van der Waals surface area contributed by atoms with Crippen LogP contribution in [0.5, 0.6) is 0 Å². The quantitative estimate of drug-likeness (QED) is 0.810. The molecule has 4 nitrogen and oxygen atoms in total. The van der Waals surface area contributed by atoms with Crippen molar-refractivity contribution in [1.29, 1.82) is 0 Å². The van der Waals surface area contributed by atoms with Gasteiger partial charge in [0.15, 0.2) is 0 Å². The van der Waals surface area contributed by atoms with Crippen LogP contribution in [0.15, 0.2) is 54.6 Å². The van der Waals surface area contributed by atoms with Gasteiger partial charge >= 0.3 is 0 Å². The lowest BCUT2D eigenvalue weighted by Crippen LogP contribution is -2.44. The van der Waals surface area contributed by atoms with Crippen molar-refractivity contribution >= 4 is 17.9 Å². The maximum atomic E-state index is 13.6. The number of amides is 2. The van der Waals surface area contributed by atoms with Crippen molar-refractivity contribution in [2.24, 2.45) is 5.73 Å². The van der Waals surface area contributed by atoms with E-state index in [0.717, 1.165) is 17.7 Å². The van der Waals surface area contributed by atoms with Gasteiger partial charge in [-0.2, -0.15) is 0 Å². The predicted octanol–water partition coefficient (Wildman–Crippen LogP) is 2.58. The fourth-order valence-electron chi connectivity index (χ4n) is 2.26. The molecule has 0 saturated heterocycles. The highest BCUT2D eigenvalue weighted by Crippen LogP contribution is 2.13. The smallest absolute Gasteiger partial charge is 0.240 e. The Balaban J connectivity index is 1.98. The van der Waals surface area contributed by atoms with Gasteiger partial charge in [-0.05, 0) is 24.1 Å². The number of halogens is 2. The Bertz CT molecular complexity index is 756. The molecule has 1 atom stereocenters. The van der Waals surface area contributed by atoms with Gasteiger partial charge in [-0.1, -0.05) is 48.6 Å². The van der Waals surface area contributed by atoms with E-state index in [0.29, 0.717) is 0 Å². The number of carbonyl (C=O) groups is 2. The average molecular weight is 344 g/mol. The van der Waals surface area contributed by atoms with Crippen molar-refractivity contribution < 1.29 is 18.4 Å². The molecule has 0 unspecified atom stereocenters. The highest BCUT2D eigenvalue weighted by atomic mass is 19.1. The molecule has 0 spiro atoms. The Hall–Kier alpha value is -3.02.